The SMILES string of the molecule is NC(=O)C[C@@H]([C@H](N)C(=O)O)S(=O)(=O)O. The molecule has 0 aliphatic heterocycles. The molecule has 0 spiro atoms. The highest BCUT2D eigenvalue weighted by Crippen LogP contribution is 2.08. The molecule has 0 radical (unpaired) electrons. The summed E-state index contributed by atoms with van der Waals surface area (Å²) in [5.74, 6) is -2.71. The summed E-state index contributed by atoms with van der Waals surface area (Å²) in [6.45, 7) is 0. The van der Waals surface area contributed by atoms with E-state index in [4.69, 9.17) is 15.4 Å². The fourth-order valence-corrected chi connectivity index (χ4v) is 1.64. The summed E-state index contributed by atoms with van der Waals surface area (Å²) < 4.78 is 29.8. The normalized spacial score (nSPS) is 15.9. The van der Waals surface area contributed by atoms with Crippen LogP contribution in [0.25, 0.3) is 0 Å². The van der Waals surface area contributed by atoms with Crippen molar-refractivity contribution in [3.63, 3.8) is 0 Å². The molecule has 0 unspecified atom stereocenters. The number of carboxylic acids is 1. The Morgan fingerprint density at radius 1 is 1.36 bits per heavy atom. The van der Waals surface area contributed by atoms with E-state index < -0.39 is 39.7 Å². The third kappa shape index (κ3) is 3.68. The molecule has 14 heavy (non-hydrogen) atoms. The van der Waals surface area contributed by atoms with Gasteiger partial charge in [0.25, 0.3) is 10.1 Å². The van der Waals surface area contributed by atoms with Crippen molar-refractivity contribution in [3.8, 4) is 0 Å². The fraction of sp³-hybridized carbons (Fsp3) is 0.600. The zero-order valence-corrected chi connectivity index (χ0v) is 7.77. The maximum Gasteiger partial charge on any atom is 0.321 e. The minimum atomic E-state index is -4.71. The van der Waals surface area contributed by atoms with Crippen molar-refractivity contribution >= 4 is 22.0 Å². The summed E-state index contributed by atoms with van der Waals surface area (Å²) in [4.78, 5) is 20.7. The third-order valence-corrected chi connectivity index (χ3v) is 2.70. The van der Waals surface area contributed by atoms with Gasteiger partial charge in [-0.05, 0) is 0 Å². The van der Waals surface area contributed by atoms with Crippen LogP contribution in [0.5, 0.6) is 0 Å². The summed E-state index contributed by atoms with van der Waals surface area (Å²) in [6.07, 6.45) is -0.841. The van der Waals surface area contributed by atoms with Crippen LogP contribution in [0, 0.1) is 0 Å². The van der Waals surface area contributed by atoms with Gasteiger partial charge in [0.2, 0.25) is 5.91 Å². The van der Waals surface area contributed by atoms with E-state index in [1.807, 2.05) is 0 Å². The minimum Gasteiger partial charge on any atom is -0.480 e. The molecular weight excluding hydrogens is 216 g/mol. The number of carbonyl (C=O) groups excluding carboxylic acids is 1. The highest BCUT2D eigenvalue weighted by Gasteiger charge is 2.35. The molecule has 0 aliphatic carbocycles. The van der Waals surface area contributed by atoms with Gasteiger partial charge in [0.15, 0.2) is 0 Å². The van der Waals surface area contributed by atoms with Gasteiger partial charge in [0, 0.05) is 6.42 Å². The number of nitrogens with two attached hydrogens (primary N) is 2. The number of amides is 1. The highest BCUT2D eigenvalue weighted by molar-refractivity contribution is 7.86. The van der Waals surface area contributed by atoms with Crippen LogP contribution in [-0.2, 0) is 19.7 Å². The predicted octanol–water partition coefficient (Wildman–Crippen LogP) is -2.47. The lowest BCUT2D eigenvalue weighted by atomic mass is 10.1. The van der Waals surface area contributed by atoms with Crippen molar-refractivity contribution in [2.45, 2.75) is 17.7 Å². The van der Waals surface area contributed by atoms with E-state index in [0.29, 0.717) is 0 Å². The fourth-order valence-electron chi connectivity index (χ4n) is 0.775. The summed E-state index contributed by atoms with van der Waals surface area (Å²) in [6, 6.07) is -1.89. The van der Waals surface area contributed by atoms with Crippen LogP contribution < -0.4 is 11.5 Å². The van der Waals surface area contributed by atoms with Gasteiger partial charge >= 0.3 is 5.97 Å². The molecule has 0 saturated carbocycles. The molecule has 0 heterocycles. The molecule has 0 aromatic heterocycles. The van der Waals surface area contributed by atoms with Crippen LogP contribution in [0.15, 0.2) is 0 Å². The van der Waals surface area contributed by atoms with Crippen molar-refractivity contribution in [2.75, 3.05) is 0 Å². The van der Waals surface area contributed by atoms with E-state index in [-0.39, 0.29) is 0 Å². The van der Waals surface area contributed by atoms with Crippen LogP contribution in [0.4, 0.5) is 0 Å². The number of carboxylic acid groups (broad SMARTS) is 1. The van der Waals surface area contributed by atoms with Gasteiger partial charge in [0.05, 0.1) is 0 Å². The highest BCUT2D eigenvalue weighted by atomic mass is 32.2. The zero-order chi connectivity index (χ0) is 11.5. The van der Waals surface area contributed by atoms with Gasteiger partial charge in [-0.15, -0.1) is 0 Å². The lowest BCUT2D eigenvalue weighted by molar-refractivity contribution is -0.138. The van der Waals surface area contributed by atoms with Crippen LogP contribution in [0.1, 0.15) is 6.42 Å². The lowest BCUT2D eigenvalue weighted by Gasteiger charge is -2.15. The van der Waals surface area contributed by atoms with Crippen molar-refractivity contribution in [3.05, 3.63) is 0 Å². The summed E-state index contributed by atoms with van der Waals surface area (Å²) in [5, 5.41) is 6.46. The summed E-state index contributed by atoms with van der Waals surface area (Å²) >= 11 is 0. The molecule has 2 atom stereocenters. The van der Waals surface area contributed by atoms with E-state index in [1.165, 1.54) is 0 Å². The second-order valence-electron chi connectivity index (χ2n) is 2.59. The summed E-state index contributed by atoms with van der Waals surface area (Å²) in [5.41, 5.74) is 9.61. The van der Waals surface area contributed by atoms with E-state index in [9.17, 15) is 18.0 Å². The molecule has 0 aromatic carbocycles. The molecule has 0 bridgehead atoms. The molecule has 0 fully saturated rings. The molecular formula is C5H10N2O6S. The number of aliphatic carboxylic acids is 1. The Hall–Kier alpha value is -1.19. The molecule has 0 aromatic rings. The Morgan fingerprint density at radius 3 is 2.00 bits per heavy atom. The number of carbonyl (C=O) groups is 2. The van der Waals surface area contributed by atoms with Crippen molar-refractivity contribution in [1.82, 2.24) is 0 Å². The quantitative estimate of drug-likeness (QED) is 0.377. The standard InChI is InChI=1S/C5H10N2O6S/c6-3(8)1-2(14(11,12)13)4(7)5(9)10/h2,4H,1,7H2,(H2,6,8)(H,9,10)(H,11,12,13)/t2-,4-/m0/s1. The van der Waals surface area contributed by atoms with Crippen LogP contribution >= 0.6 is 0 Å². The van der Waals surface area contributed by atoms with Gasteiger partial charge < -0.3 is 16.6 Å². The Bertz CT molecular complexity index is 336. The van der Waals surface area contributed by atoms with E-state index >= 15 is 0 Å². The molecule has 9 heteroatoms. The van der Waals surface area contributed by atoms with E-state index in [0.717, 1.165) is 0 Å². The average molecular weight is 226 g/mol. The first-order chi connectivity index (χ1) is 6.16. The Labute approximate surface area is 79.6 Å². The topological polar surface area (TPSA) is 161 Å². The van der Waals surface area contributed by atoms with Crippen LogP contribution in [0.3, 0.4) is 0 Å². The first kappa shape index (κ1) is 12.8. The number of rotatable bonds is 5. The second-order valence-corrected chi connectivity index (χ2v) is 4.22. The first-order valence-corrected chi connectivity index (χ1v) is 4.89. The van der Waals surface area contributed by atoms with Gasteiger partial charge in [-0.1, -0.05) is 0 Å². The molecule has 8 nitrogen and oxygen atoms in total. The smallest absolute Gasteiger partial charge is 0.321 e. The number of hydrogen-bond donors (Lipinski definition) is 4. The second kappa shape index (κ2) is 4.35. The Kier molecular flexibility index (Phi) is 3.98. The largest absolute Gasteiger partial charge is 0.480 e. The molecule has 0 aliphatic rings. The molecule has 82 valence electrons. The monoisotopic (exact) mass is 226 g/mol. The molecule has 1 amide bonds. The van der Waals surface area contributed by atoms with Crippen molar-refractivity contribution < 1.29 is 27.7 Å². The van der Waals surface area contributed by atoms with Gasteiger partial charge in [-0.2, -0.15) is 8.42 Å². The minimum absolute atomic E-state index is 0.841. The maximum absolute atomic E-state index is 10.6. The van der Waals surface area contributed by atoms with Crippen LogP contribution in [0.2, 0.25) is 0 Å². The lowest BCUT2D eigenvalue weighted by Crippen LogP contribution is -2.47. The van der Waals surface area contributed by atoms with Crippen LogP contribution in [-0.4, -0.2) is 41.2 Å². The number of hydrogen-bond acceptors (Lipinski definition) is 5. The zero-order valence-electron chi connectivity index (χ0n) is 6.95. The predicted molar refractivity (Wildman–Crippen MR) is 44.8 cm³/mol. The van der Waals surface area contributed by atoms with Crippen molar-refractivity contribution in [2.24, 2.45) is 11.5 Å². The number of primary amides is 1. The van der Waals surface area contributed by atoms with Gasteiger partial charge in [-0.25, -0.2) is 0 Å². The molecule has 6 N–H and O–H groups in total. The van der Waals surface area contributed by atoms with Gasteiger partial charge in [0.1, 0.15) is 11.3 Å². The average Bonchev–Trinajstić information content (AvgIpc) is 1.96. The van der Waals surface area contributed by atoms with Gasteiger partial charge in [-0.3, -0.25) is 14.1 Å². The Balaban J connectivity index is 4.92. The molecule has 0 rings (SSSR count). The first-order valence-electron chi connectivity index (χ1n) is 3.39. The van der Waals surface area contributed by atoms with E-state index in [2.05, 4.69) is 5.73 Å². The Morgan fingerprint density at radius 2 is 1.79 bits per heavy atom. The summed E-state index contributed by atoms with van der Waals surface area (Å²) in [7, 11) is -4.71. The van der Waals surface area contributed by atoms with Crippen molar-refractivity contribution in [1.29, 1.82) is 0 Å². The van der Waals surface area contributed by atoms with E-state index in [1.54, 1.807) is 0 Å². The third-order valence-electron chi connectivity index (χ3n) is 1.47. The molecule has 0 saturated heterocycles. The maximum atomic E-state index is 10.6.